The Kier molecular flexibility index (Phi) is 6.37. The second-order valence-corrected chi connectivity index (χ2v) is 7.50. The lowest BCUT2D eigenvalue weighted by atomic mass is 9.83. The predicted molar refractivity (Wildman–Crippen MR) is 82.4 cm³/mol. The molecule has 2 nitrogen and oxygen atoms in total. The van der Waals surface area contributed by atoms with Gasteiger partial charge in [-0.2, -0.15) is 0 Å². The maximum Gasteiger partial charge on any atom is 0.0735 e. The third-order valence-corrected chi connectivity index (χ3v) is 4.59. The van der Waals surface area contributed by atoms with Crippen LogP contribution in [0.15, 0.2) is 35.2 Å². The molecule has 0 aliphatic heterocycles. The van der Waals surface area contributed by atoms with Crippen molar-refractivity contribution in [3.8, 4) is 0 Å². The van der Waals surface area contributed by atoms with Crippen LogP contribution in [0, 0.1) is 11.3 Å². The minimum atomic E-state index is -0.523. The minimum Gasteiger partial charge on any atom is -0.396 e. The summed E-state index contributed by atoms with van der Waals surface area (Å²) in [6, 6.07) is 10.2. The van der Waals surface area contributed by atoms with Gasteiger partial charge in [0.25, 0.3) is 0 Å². The van der Waals surface area contributed by atoms with Crippen LogP contribution < -0.4 is 0 Å². The molecule has 0 aromatic heterocycles. The van der Waals surface area contributed by atoms with Crippen molar-refractivity contribution < 1.29 is 10.2 Å². The van der Waals surface area contributed by atoms with Gasteiger partial charge in [0.15, 0.2) is 0 Å². The first-order valence-electron chi connectivity index (χ1n) is 6.87. The molecule has 108 valence electrons. The van der Waals surface area contributed by atoms with E-state index in [0.29, 0.717) is 5.92 Å². The molecule has 0 unspecified atom stereocenters. The molecule has 0 aliphatic rings. The van der Waals surface area contributed by atoms with Gasteiger partial charge in [0.2, 0.25) is 0 Å². The van der Waals surface area contributed by atoms with Crippen LogP contribution >= 0.6 is 11.8 Å². The van der Waals surface area contributed by atoms with E-state index in [-0.39, 0.29) is 11.9 Å². The molecule has 19 heavy (non-hydrogen) atoms. The van der Waals surface area contributed by atoms with Gasteiger partial charge in [-0.25, -0.2) is 0 Å². The lowest BCUT2D eigenvalue weighted by molar-refractivity contribution is 0.00406. The summed E-state index contributed by atoms with van der Waals surface area (Å²) < 4.78 is 0. The Hall–Kier alpha value is -0.510. The molecule has 0 fully saturated rings. The van der Waals surface area contributed by atoms with Gasteiger partial charge in [-0.3, -0.25) is 0 Å². The smallest absolute Gasteiger partial charge is 0.0735 e. The molecule has 0 heterocycles. The molecule has 0 saturated carbocycles. The van der Waals surface area contributed by atoms with E-state index in [9.17, 15) is 10.2 Å². The fourth-order valence-electron chi connectivity index (χ4n) is 1.98. The Labute approximate surface area is 121 Å². The highest BCUT2D eigenvalue weighted by atomic mass is 32.2. The van der Waals surface area contributed by atoms with Crippen LogP contribution in [0.3, 0.4) is 0 Å². The first-order valence-corrected chi connectivity index (χ1v) is 7.75. The molecule has 0 radical (unpaired) electrons. The van der Waals surface area contributed by atoms with Crippen molar-refractivity contribution in [3.05, 3.63) is 30.3 Å². The van der Waals surface area contributed by atoms with Crippen LogP contribution in [0.5, 0.6) is 0 Å². The molecular weight excluding hydrogens is 256 g/mol. The Balaban J connectivity index is 2.83. The number of aliphatic hydroxyl groups excluding tert-OH is 2. The van der Waals surface area contributed by atoms with Crippen LogP contribution in [0.2, 0.25) is 0 Å². The van der Waals surface area contributed by atoms with E-state index < -0.39 is 11.5 Å². The standard InChI is InChI=1S/C16H26O2S/c1-12(2)10-14(15(18)16(3,4)11-17)19-13-8-6-5-7-9-13/h5-9,12,14-15,17-18H,10-11H2,1-4H3/t14-,15-/m1/s1. The molecule has 0 saturated heterocycles. The number of hydrogen-bond acceptors (Lipinski definition) is 3. The highest BCUT2D eigenvalue weighted by molar-refractivity contribution is 8.00. The average Bonchev–Trinajstić information content (AvgIpc) is 2.37. The zero-order chi connectivity index (χ0) is 14.5. The van der Waals surface area contributed by atoms with Crippen molar-refractivity contribution in [1.29, 1.82) is 0 Å². The van der Waals surface area contributed by atoms with Crippen molar-refractivity contribution in [2.24, 2.45) is 11.3 Å². The molecular formula is C16H26O2S. The maximum absolute atomic E-state index is 10.6. The zero-order valence-electron chi connectivity index (χ0n) is 12.3. The van der Waals surface area contributed by atoms with E-state index >= 15 is 0 Å². The van der Waals surface area contributed by atoms with Crippen LogP contribution in [0.25, 0.3) is 0 Å². The monoisotopic (exact) mass is 282 g/mol. The van der Waals surface area contributed by atoms with Gasteiger partial charge in [-0.1, -0.05) is 45.9 Å². The highest BCUT2D eigenvalue weighted by Gasteiger charge is 2.34. The third kappa shape index (κ3) is 5.17. The van der Waals surface area contributed by atoms with E-state index in [4.69, 9.17) is 0 Å². The van der Waals surface area contributed by atoms with Gasteiger partial charge in [0.1, 0.15) is 0 Å². The average molecular weight is 282 g/mol. The van der Waals surface area contributed by atoms with Crippen molar-refractivity contribution in [3.63, 3.8) is 0 Å². The summed E-state index contributed by atoms with van der Waals surface area (Å²) in [5, 5.41) is 20.1. The van der Waals surface area contributed by atoms with Crippen molar-refractivity contribution in [2.75, 3.05) is 6.61 Å². The summed E-state index contributed by atoms with van der Waals surface area (Å²) in [5.74, 6) is 0.519. The number of hydrogen-bond donors (Lipinski definition) is 2. The second kappa shape index (κ2) is 7.32. The Morgan fingerprint density at radius 3 is 2.21 bits per heavy atom. The van der Waals surface area contributed by atoms with Crippen LogP contribution in [-0.4, -0.2) is 28.2 Å². The topological polar surface area (TPSA) is 40.5 Å². The Morgan fingerprint density at radius 1 is 1.16 bits per heavy atom. The largest absolute Gasteiger partial charge is 0.396 e. The van der Waals surface area contributed by atoms with Gasteiger partial charge in [-0.15, -0.1) is 11.8 Å². The molecule has 1 rings (SSSR count). The number of benzene rings is 1. The molecule has 3 heteroatoms. The highest BCUT2D eigenvalue weighted by Crippen LogP contribution is 2.36. The molecule has 0 spiro atoms. The van der Waals surface area contributed by atoms with Crippen molar-refractivity contribution >= 4 is 11.8 Å². The van der Waals surface area contributed by atoms with Gasteiger partial charge < -0.3 is 10.2 Å². The van der Waals surface area contributed by atoms with Gasteiger partial charge in [0, 0.05) is 15.6 Å². The number of thioether (sulfide) groups is 1. The molecule has 0 bridgehead atoms. The first kappa shape index (κ1) is 16.5. The molecule has 1 aromatic rings. The van der Waals surface area contributed by atoms with Crippen LogP contribution in [0.4, 0.5) is 0 Å². The van der Waals surface area contributed by atoms with E-state index in [1.54, 1.807) is 11.8 Å². The maximum atomic E-state index is 10.6. The van der Waals surface area contributed by atoms with E-state index in [2.05, 4.69) is 26.0 Å². The Bertz CT molecular complexity index is 362. The van der Waals surface area contributed by atoms with Crippen molar-refractivity contribution in [1.82, 2.24) is 0 Å². The lowest BCUT2D eigenvalue weighted by Gasteiger charge is -2.35. The quantitative estimate of drug-likeness (QED) is 0.751. The molecule has 2 N–H and O–H groups in total. The van der Waals surface area contributed by atoms with Crippen LogP contribution in [0.1, 0.15) is 34.1 Å². The SMILES string of the molecule is CC(C)C[C@@H](Sc1ccccc1)[C@@H](O)C(C)(C)CO. The zero-order valence-corrected chi connectivity index (χ0v) is 13.2. The first-order chi connectivity index (χ1) is 8.86. The van der Waals surface area contributed by atoms with E-state index in [0.717, 1.165) is 6.42 Å². The lowest BCUT2D eigenvalue weighted by Crippen LogP contribution is -2.41. The summed E-state index contributed by atoms with van der Waals surface area (Å²) in [7, 11) is 0. The van der Waals surface area contributed by atoms with E-state index in [1.165, 1.54) is 4.90 Å². The molecule has 0 amide bonds. The summed E-state index contributed by atoms with van der Waals surface area (Å²) in [4.78, 5) is 1.17. The minimum absolute atomic E-state index is 0.00187. The van der Waals surface area contributed by atoms with Gasteiger partial charge >= 0.3 is 0 Å². The Morgan fingerprint density at radius 2 is 1.74 bits per heavy atom. The second-order valence-electron chi connectivity index (χ2n) is 6.19. The molecule has 1 aromatic carbocycles. The van der Waals surface area contributed by atoms with Crippen LogP contribution in [-0.2, 0) is 0 Å². The summed E-state index contributed by atoms with van der Waals surface area (Å²) in [6.45, 7) is 8.15. The molecule has 0 aliphatic carbocycles. The van der Waals surface area contributed by atoms with E-state index in [1.807, 2.05) is 32.0 Å². The summed E-state index contributed by atoms with van der Waals surface area (Å²) >= 11 is 1.71. The summed E-state index contributed by atoms with van der Waals surface area (Å²) in [6.07, 6.45) is 0.412. The third-order valence-electron chi connectivity index (χ3n) is 3.29. The number of aliphatic hydroxyl groups is 2. The normalized spacial score (nSPS) is 15.5. The van der Waals surface area contributed by atoms with Gasteiger partial charge in [-0.05, 0) is 24.5 Å². The fraction of sp³-hybridized carbons (Fsp3) is 0.625. The van der Waals surface area contributed by atoms with Gasteiger partial charge in [0.05, 0.1) is 12.7 Å². The number of rotatable bonds is 7. The van der Waals surface area contributed by atoms with Crippen molar-refractivity contribution in [2.45, 2.75) is 50.4 Å². The summed E-state index contributed by atoms with van der Waals surface area (Å²) in [5.41, 5.74) is -0.471. The predicted octanol–water partition coefficient (Wildman–Crippen LogP) is 3.57. The molecule has 2 atom stereocenters. The fourth-order valence-corrected chi connectivity index (χ4v) is 3.62.